The van der Waals surface area contributed by atoms with Crippen LogP contribution in [-0.4, -0.2) is 37.7 Å². The van der Waals surface area contributed by atoms with Crippen LogP contribution in [0.4, 0.5) is 10.5 Å². The van der Waals surface area contributed by atoms with Crippen LogP contribution in [0.25, 0.3) is 0 Å². The van der Waals surface area contributed by atoms with Crippen molar-refractivity contribution in [3.63, 3.8) is 0 Å². The molecule has 26 heavy (non-hydrogen) atoms. The molecule has 0 spiro atoms. The number of hydrogen-bond donors (Lipinski definition) is 2. The van der Waals surface area contributed by atoms with Gasteiger partial charge in [-0.05, 0) is 46.2 Å². The van der Waals surface area contributed by atoms with Crippen LogP contribution < -0.4 is 10.0 Å². The lowest BCUT2D eigenvalue weighted by Gasteiger charge is -2.19. The Kier molecular flexibility index (Phi) is 7.62. The van der Waals surface area contributed by atoms with E-state index >= 15 is 0 Å². The highest BCUT2D eigenvalue weighted by Crippen LogP contribution is 2.16. The maximum Gasteiger partial charge on any atom is 0.407 e. The Morgan fingerprint density at radius 3 is 2.46 bits per heavy atom. The van der Waals surface area contributed by atoms with Crippen molar-refractivity contribution in [3.8, 4) is 0 Å². The van der Waals surface area contributed by atoms with Crippen LogP contribution in [0.3, 0.4) is 0 Å². The number of ether oxygens (including phenoxy) is 1. The topological polar surface area (TPSA) is 102 Å². The molecule has 0 saturated heterocycles. The first-order valence-corrected chi connectivity index (χ1v) is 10.1. The molecule has 1 atom stereocenters. The van der Waals surface area contributed by atoms with Crippen LogP contribution in [0.15, 0.2) is 24.3 Å². The molecule has 146 valence electrons. The normalized spacial score (nSPS) is 13.0. The number of ketones is 1. The quantitative estimate of drug-likeness (QED) is 0.670. The number of benzene rings is 1. The van der Waals surface area contributed by atoms with Gasteiger partial charge in [0.1, 0.15) is 5.60 Å². The summed E-state index contributed by atoms with van der Waals surface area (Å²) in [6, 6.07) is 6.31. The molecular weight excluding hydrogens is 356 g/mol. The average molecular weight is 384 g/mol. The number of hydrogen-bond acceptors (Lipinski definition) is 5. The Bertz CT molecular complexity index is 738. The van der Waals surface area contributed by atoms with E-state index in [1.807, 2.05) is 0 Å². The van der Waals surface area contributed by atoms with Gasteiger partial charge in [-0.2, -0.15) is 0 Å². The number of alkyl carbamates (subject to hydrolysis) is 1. The molecule has 0 radical (unpaired) electrons. The van der Waals surface area contributed by atoms with E-state index in [-0.39, 0.29) is 18.7 Å². The number of sulfonamides is 1. The molecule has 0 saturated carbocycles. The smallest absolute Gasteiger partial charge is 0.407 e. The molecule has 0 heterocycles. The Morgan fingerprint density at radius 2 is 1.88 bits per heavy atom. The molecule has 8 heteroatoms. The Labute approximate surface area is 155 Å². The predicted molar refractivity (Wildman–Crippen MR) is 102 cm³/mol. The monoisotopic (exact) mass is 384 g/mol. The van der Waals surface area contributed by atoms with Gasteiger partial charge in [0.05, 0.1) is 5.25 Å². The number of amides is 1. The summed E-state index contributed by atoms with van der Waals surface area (Å²) in [7, 11) is -3.49. The number of nitrogens with one attached hydrogen (secondary N) is 2. The lowest BCUT2D eigenvalue weighted by molar-refractivity contribution is 0.0527. The van der Waals surface area contributed by atoms with Crippen LogP contribution in [0.2, 0.25) is 0 Å². The second-order valence-corrected chi connectivity index (χ2v) is 9.15. The zero-order chi connectivity index (χ0) is 20.0. The largest absolute Gasteiger partial charge is 0.444 e. The fourth-order valence-electron chi connectivity index (χ4n) is 1.98. The van der Waals surface area contributed by atoms with Gasteiger partial charge in [0.2, 0.25) is 10.0 Å². The highest BCUT2D eigenvalue weighted by atomic mass is 32.2. The van der Waals surface area contributed by atoms with E-state index in [4.69, 9.17) is 4.74 Å². The molecule has 0 aromatic heterocycles. The first-order valence-electron chi connectivity index (χ1n) is 8.56. The minimum atomic E-state index is -3.49. The predicted octanol–water partition coefficient (Wildman–Crippen LogP) is 3.32. The lowest BCUT2D eigenvalue weighted by atomic mass is 10.1. The van der Waals surface area contributed by atoms with Crippen molar-refractivity contribution in [2.24, 2.45) is 0 Å². The molecule has 0 aliphatic rings. The van der Waals surface area contributed by atoms with Crippen molar-refractivity contribution in [2.75, 3.05) is 11.3 Å². The third-order valence-corrected chi connectivity index (χ3v) is 5.48. The van der Waals surface area contributed by atoms with Crippen molar-refractivity contribution in [3.05, 3.63) is 29.8 Å². The summed E-state index contributed by atoms with van der Waals surface area (Å²) in [6.07, 6.45) is -0.00849. The van der Waals surface area contributed by atoms with Gasteiger partial charge in [0, 0.05) is 24.2 Å². The van der Waals surface area contributed by atoms with E-state index in [1.165, 1.54) is 6.07 Å². The van der Waals surface area contributed by atoms with E-state index in [2.05, 4.69) is 10.0 Å². The first kappa shape index (κ1) is 22.0. The minimum absolute atomic E-state index is 0.0841. The zero-order valence-electron chi connectivity index (χ0n) is 16.0. The molecule has 2 N–H and O–H groups in total. The fourth-order valence-corrected chi connectivity index (χ4v) is 3.07. The molecule has 0 fully saturated rings. The molecule has 7 nitrogen and oxygen atoms in total. The molecule has 0 aliphatic heterocycles. The van der Waals surface area contributed by atoms with E-state index in [0.717, 1.165) is 0 Å². The van der Waals surface area contributed by atoms with Crippen LogP contribution in [0.1, 0.15) is 57.8 Å². The summed E-state index contributed by atoms with van der Waals surface area (Å²) in [5.74, 6) is -0.203. The number of carbonyl (C=O) groups is 2. The first-order chi connectivity index (χ1) is 11.9. The summed E-state index contributed by atoms with van der Waals surface area (Å²) < 4.78 is 31.8. The van der Waals surface area contributed by atoms with Gasteiger partial charge >= 0.3 is 6.09 Å². The average Bonchev–Trinajstić information content (AvgIpc) is 2.52. The molecule has 1 rings (SSSR count). The maximum atomic E-state index is 12.2. The molecule has 0 bridgehead atoms. The van der Waals surface area contributed by atoms with E-state index in [0.29, 0.717) is 17.7 Å². The van der Waals surface area contributed by atoms with Crippen molar-refractivity contribution < 1.29 is 22.7 Å². The van der Waals surface area contributed by atoms with Gasteiger partial charge < -0.3 is 10.1 Å². The van der Waals surface area contributed by atoms with Crippen molar-refractivity contribution in [2.45, 2.75) is 58.3 Å². The fraction of sp³-hybridized carbons (Fsp3) is 0.556. The van der Waals surface area contributed by atoms with Gasteiger partial charge in [-0.25, -0.2) is 13.2 Å². The van der Waals surface area contributed by atoms with Crippen molar-refractivity contribution in [1.29, 1.82) is 0 Å². The van der Waals surface area contributed by atoms with E-state index in [1.54, 1.807) is 52.8 Å². The SMILES string of the molecule is CCC(C)S(=O)(=O)Nc1cccc(C(=O)CCNC(=O)OC(C)(C)C)c1. The standard InChI is InChI=1S/C18H28N2O5S/c1-6-13(2)26(23,24)20-15-9-7-8-14(12-15)16(21)10-11-19-17(22)25-18(3,4)5/h7-9,12-13,20H,6,10-11H2,1-5H3,(H,19,22). The Hall–Kier alpha value is -2.09. The molecule has 1 aromatic rings. The third-order valence-electron chi connectivity index (χ3n) is 3.57. The van der Waals surface area contributed by atoms with Crippen LogP contribution >= 0.6 is 0 Å². The number of rotatable bonds is 8. The van der Waals surface area contributed by atoms with E-state index in [9.17, 15) is 18.0 Å². The van der Waals surface area contributed by atoms with Crippen LogP contribution in [-0.2, 0) is 14.8 Å². The molecule has 1 amide bonds. The summed E-state index contributed by atoms with van der Waals surface area (Å²) in [5.41, 5.74) is 0.117. The summed E-state index contributed by atoms with van der Waals surface area (Å²) in [6.45, 7) is 8.81. The number of carbonyl (C=O) groups excluding carboxylic acids is 2. The molecule has 1 unspecified atom stereocenters. The molecule has 0 aliphatic carbocycles. The highest BCUT2D eigenvalue weighted by Gasteiger charge is 2.19. The van der Waals surface area contributed by atoms with Gasteiger partial charge in [-0.3, -0.25) is 9.52 Å². The third kappa shape index (κ3) is 7.43. The number of anilines is 1. The molecular formula is C18H28N2O5S. The highest BCUT2D eigenvalue weighted by molar-refractivity contribution is 7.93. The second kappa shape index (κ2) is 9.02. The summed E-state index contributed by atoms with van der Waals surface area (Å²) in [5, 5.41) is 1.99. The zero-order valence-corrected chi connectivity index (χ0v) is 16.8. The lowest BCUT2D eigenvalue weighted by Crippen LogP contribution is -2.33. The Morgan fingerprint density at radius 1 is 1.23 bits per heavy atom. The van der Waals surface area contributed by atoms with Crippen LogP contribution in [0.5, 0.6) is 0 Å². The van der Waals surface area contributed by atoms with Crippen molar-refractivity contribution >= 4 is 27.6 Å². The van der Waals surface area contributed by atoms with Gasteiger partial charge in [0.15, 0.2) is 5.78 Å². The second-order valence-electron chi connectivity index (χ2n) is 7.05. The van der Waals surface area contributed by atoms with Crippen molar-refractivity contribution in [1.82, 2.24) is 5.32 Å². The van der Waals surface area contributed by atoms with Gasteiger partial charge in [-0.15, -0.1) is 0 Å². The van der Waals surface area contributed by atoms with E-state index < -0.39 is 27.0 Å². The Balaban J connectivity index is 2.65. The number of Topliss-reactive ketones (excluding diaryl/α,β-unsaturated/α-hetero) is 1. The van der Waals surface area contributed by atoms with Crippen LogP contribution in [0, 0.1) is 0 Å². The van der Waals surface area contributed by atoms with Gasteiger partial charge in [-0.1, -0.05) is 19.1 Å². The van der Waals surface area contributed by atoms with Gasteiger partial charge in [0.25, 0.3) is 0 Å². The minimum Gasteiger partial charge on any atom is -0.444 e. The maximum absolute atomic E-state index is 12.2. The molecule has 1 aromatic carbocycles. The summed E-state index contributed by atoms with van der Waals surface area (Å²) in [4.78, 5) is 23.8. The summed E-state index contributed by atoms with van der Waals surface area (Å²) >= 11 is 0.